The van der Waals surface area contributed by atoms with Gasteiger partial charge in [0, 0.05) is 39.6 Å². The van der Waals surface area contributed by atoms with E-state index in [2.05, 4.69) is 41.6 Å². The summed E-state index contributed by atoms with van der Waals surface area (Å²) in [6.07, 6.45) is 1.39. The summed E-state index contributed by atoms with van der Waals surface area (Å²) in [5.74, 6) is 1.61. The molecule has 1 amide bonds. The van der Waals surface area contributed by atoms with Gasteiger partial charge < -0.3 is 15.5 Å². The Morgan fingerprint density at radius 1 is 1.21 bits per heavy atom. The van der Waals surface area contributed by atoms with Gasteiger partial charge in [-0.25, -0.2) is 0 Å². The number of halogens is 1. The Balaban J connectivity index is 0.00000288. The first-order valence-corrected chi connectivity index (χ1v) is 8.39. The maximum absolute atomic E-state index is 12.3. The zero-order chi connectivity index (χ0) is 16.7. The molecule has 0 aromatic heterocycles. The average Bonchev–Trinajstić information content (AvgIpc) is 2.98. The topological polar surface area (TPSA) is 56.7 Å². The van der Waals surface area contributed by atoms with E-state index in [4.69, 9.17) is 0 Å². The van der Waals surface area contributed by atoms with Crippen LogP contribution in [0.15, 0.2) is 29.3 Å². The number of rotatable bonds is 6. The molecule has 2 rings (SSSR count). The minimum absolute atomic E-state index is 0. The normalized spacial score (nSPS) is 13.5. The summed E-state index contributed by atoms with van der Waals surface area (Å²) in [6.45, 7) is 7.47. The Morgan fingerprint density at radius 2 is 1.83 bits per heavy atom. The van der Waals surface area contributed by atoms with Gasteiger partial charge in [-0.05, 0) is 23.5 Å². The molecule has 5 nitrogen and oxygen atoms in total. The molecule has 0 spiro atoms. The Morgan fingerprint density at radius 3 is 2.38 bits per heavy atom. The van der Waals surface area contributed by atoms with Crippen molar-refractivity contribution in [3.63, 3.8) is 0 Å². The molecular weight excluding hydrogens is 415 g/mol. The van der Waals surface area contributed by atoms with E-state index in [9.17, 15) is 4.79 Å². The van der Waals surface area contributed by atoms with Crippen LogP contribution in [0.4, 0.5) is 0 Å². The molecule has 0 fully saturated rings. The number of nitrogens with one attached hydrogen (secondary N) is 2. The molecule has 0 saturated heterocycles. The molecule has 0 bridgehead atoms. The molecule has 0 radical (unpaired) electrons. The highest BCUT2D eigenvalue weighted by molar-refractivity contribution is 14.0. The fraction of sp³-hybridized carbons (Fsp3) is 0.556. The summed E-state index contributed by atoms with van der Waals surface area (Å²) in [7, 11) is 1.77. The molecule has 24 heavy (non-hydrogen) atoms. The van der Waals surface area contributed by atoms with Crippen molar-refractivity contribution in [2.45, 2.75) is 39.8 Å². The van der Waals surface area contributed by atoms with Crippen molar-refractivity contribution in [3.05, 3.63) is 35.4 Å². The van der Waals surface area contributed by atoms with Crippen molar-refractivity contribution in [1.82, 2.24) is 15.5 Å². The first-order valence-electron chi connectivity index (χ1n) is 8.39. The van der Waals surface area contributed by atoms with Crippen LogP contribution in [0.1, 0.15) is 37.8 Å². The van der Waals surface area contributed by atoms with Crippen LogP contribution in [-0.2, 0) is 17.9 Å². The van der Waals surface area contributed by atoms with Gasteiger partial charge in [0.1, 0.15) is 0 Å². The predicted molar refractivity (Wildman–Crippen MR) is 110 cm³/mol. The minimum atomic E-state index is 0. The summed E-state index contributed by atoms with van der Waals surface area (Å²) < 4.78 is 0. The molecule has 1 aliphatic heterocycles. The third-order valence-electron chi connectivity index (χ3n) is 3.95. The number of benzene rings is 1. The van der Waals surface area contributed by atoms with Crippen LogP contribution in [0.2, 0.25) is 0 Å². The van der Waals surface area contributed by atoms with Gasteiger partial charge in [0.2, 0.25) is 5.91 Å². The quantitative estimate of drug-likeness (QED) is 0.307. The van der Waals surface area contributed by atoms with Crippen molar-refractivity contribution in [1.29, 1.82) is 0 Å². The number of guanidine groups is 1. The third kappa shape index (κ3) is 6.30. The van der Waals surface area contributed by atoms with Crippen molar-refractivity contribution < 1.29 is 4.79 Å². The second kappa shape index (κ2) is 10.5. The van der Waals surface area contributed by atoms with E-state index in [1.54, 1.807) is 7.05 Å². The summed E-state index contributed by atoms with van der Waals surface area (Å²) in [5.41, 5.74) is 2.55. The van der Waals surface area contributed by atoms with E-state index in [-0.39, 0.29) is 29.9 Å². The lowest BCUT2D eigenvalue weighted by molar-refractivity contribution is -0.131. The van der Waals surface area contributed by atoms with Gasteiger partial charge in [0.15, 0.2) is 5.96 Å². The number of hydrogen-bond donors (Lipinski definition) is 2. The van der Waals surface area contributed by atoms with Crippen LogP contribution < -0.4 is 10.6 Å². The molecule has 0 saturated carbocycles. The first kappa shape index (κ1) is 20.7. The van der Waals surface area contributed by atoms with Crippen LogP contribution >= 0.6 is 24.0 Å². The smallest absolute Gasteiger partial charge is 0.223 e. The van der Waals surface area contributed by atoms with Crippen LogP contribution in [0.5, 0.6) is 0 Å². The lowest BCUT2D eigenvalue weighted by Crippen LogP contribution is -2.39. The standard InChI is InChI=1S/C18H28N4O.HI/c1-14(2)11-21-18(19-3)20-10-6-9-17(23)22-12-15-7-4-5-8-16(15)13-22;/h4-5,7-8,14H,6,9-13H2,1-3H3,(H2,19,20,21);1H. The van der Waals surface area contributed by atoms with Gasteiger partial charge in [-0.15, -0.1) is 24.0 Å². The van der Waals surface area contributed by atoms with E-state index in [1.807, 2.05) is 17.0 Å². The molecule has 134 valence electrons. The highest BCUT2D eigenvalue weighted by Gasteiger charge is 2.22. The molecular formula is C18H29IN4O. The number of nitrogens with zero attached hydrogens (tertiary/aromatic N) is 2. The van der Waals surface area contributed by atoms with Crippen LogP contribution in [0, 0.1) is 5.92 Å². The zero-order valence-electron chi connectivity index (χ0n) is 14.8. The lowest BCUT2D eigenvalue weighted by atomic mass is 10.1. The molecule has 2 N–H and O–H groups in total. The van der Waals surface area contributed by atoms with Gasteiger partial charge >= 0.3 is 0 Å². The Labute approximate surface area is 162 Å². The Bertz CT molecular complexity index is 535. The van der Waals surface area contributed by atoms with Crippen molar-refractivity contribution in [2.24, 2.45) is 10.9 Å². The molecule has 0 unspecified atom stereocenters. The SMILES string of the molecule is CN=C(NCCCC(=O)N1Cc2ccccc2C1)NCC(C)C.I. The highest BCUT2D eigenvalue weighted by atomic mass is 127. The van der Waals surface area contributed by atoms with E-state index in [1.165, 1.54) is 11.1 Å². The van der Waals surface area contributed by atoms with Crippen LogP contribution in [-0.4, -0.2) is 36.9 Å². The number of fused-ring (bicyclic) bond motifs is 1. The molecule has 6 heteroatoms. The third-order valence-corrected chi connectivity index (χ3v) is 3.95. The second-order valence-corrected chi connectivity index (χ2v) is 6.40. The zero-order valence-corrected chi connectivity index (χ0v) is 17.2. The highest BCUT2D eigenvalue weighted by Crippen LogP contribution is 2.22. The molecule has 1 aromatic rings. The minimum Gasteiger partial charge on any atom is -0.356 e. The maximum atomic E-state index is 12.3. The fourth-order valence-electron chi connectivity index (χ4n) is 2.64. The number of aliphatic imine (C=N–C) groups is 1. The van der Waals surface area contributed by atoms with Gasteiger partial charge in [-0.1, -0.05) is 38.1 Å². The molecule has 1 aromatic carbocycles. The van der Waals surface area contributed by atoms with E-state index in [0.717, 1.165) is 38.6 Å². The molecule has 0 atom stereocenters. The van der Waals surface area contributed by atoms with Crippen LogP contribution in [0.25, 0.3) is 0 Å². The lowest BCUT2D eigenvalue weighted by Gasteiger charge is -2.16. The molecule has 1 aliphatic rings. The number of hydrogen-bond acceptors (Lipinski definition) is 2. The van der Waals surface area contributed by atoms with Crippen molar-refractivity contribution in [3.8, 4) is 0 Å². The summed E-state index contributed by atoms with van der Waals surface area (Å²) in [6, 6.07) is 8.28. The predicted octanol–water partition coefficient (Wildman–Crippen LogP) is 2.75. The van der Waals surface area contributed by atoms with Gasteiger partial charge in [0.05, 0.1) is 0 Å². The van der Waals surface area contributed by atoms with Gasteiger partial charge in [-0.3, -0.25) is 9.79 Å². The van der Waals surface area contributed by atoms with Crippen LogP contribution in [0.3, 0.4) is 0 Å². The number of carbonyl (C=O) groups is 1. The molecule has 0 aliphatic carbocycles. The number of amides is 1. The second-order valence-electron chi connectivity index (χ2n) is 6.40. The van der Waals surface area contributed by atoms with Gasteiger partial charge in [0.25, 0.3) is 0 Å². The average molecular weight is 444 g/mol. The largest absolute Gasteiger partial charge is 0.356 e. The fourth-order valence-corrected chi connectivity index (χ4v) is 2.64. The first-order chi connectivity index (χ1) is 11.1. The van der Waals surface area contributed by atoms with Crippen molar-refractivity contribution >= 4 is 35.8 Å². The van der Waals surface area contributed by atoms with E-state index < -0.39 is 0 Å². The van der Waals surface area contributed by atoms with E-state index in [0.29, 0.717) is 12.3 Å². The Hall–Kier alpha value is -1.31. The number of carbonyl (C=O) groups excluding carboxylic acids is 1. The molecule has 1 heterocycles. The van der Waals surface area contributed by atoms with Crippen molar-refractivity contribution in [2.75, 3.05) is 20.1 Å². The summed E-state index contributed by atoms with van der Waals surface area (Å²) in [4.78, 5) is 18.4. The summed E-state index contributed by atoms with van der Waals surface area (Å²) in [5, 5.41) is 6.52. The maximum Gasteiger partial charge on any atom is 0.223 e. The monoisotopic (exact) mass is 444 g/mol. The summed E-state index contributed by atoms with van der Waals surface area (Å²) >= 11 is 0. The van der Waals surface area contributed by atoms with E-state index >= 15 is 0 Å². The van der Waals surface area contributed by atoms with Gasteiger partial charge in [-0.2, -0.15) is 0 Å². The Kier molecular flexibility index (Phi) is 9.10.